The first-order valence-corrected chi connectivity index (χ1v) is 8.24. The molecule has 0 bridgehead atoms. The molecule has 2 aromatic carbocycles. The van der Waals surface area contributed by atoms with Gasteiger partial charge in [0, 0.05) is 5.56 Å². The molecule has 0 saturated heterocycles. The van der Waals surface area contributed by atoms with Gasteiger partial charge in [-0.05, 0) is 36.4 Å². The third kappa shape index (κ3) is 4.54. The van der Waals surface area contributed by atoms with E-state index in [1.807, 2.05) is 0 Å². The molecular formula is C14H8ClF3NO5S-. The molecule has 0 aliphatic rings. The van der Waals surface area contributed by atoms with Gasteiger partial charge in [-0.2, -0.15) is 8.78 Å². The Morgan fingerprint density at radius 3 is 2.44 bits per heavy atom. The molecule has 25 heavy (non-hydrogen) atoms. The van der Waals surface area contributed by atoms with Gasteiger partial charge in [0.25, 0.3) is 10.0 Å². The second-order valence-corrected chi connectivity index (χ2v) is 6.65. The summed E-state index contributed by atoms with van der Waals surface area (Å²) >= 11 is 5.71. The summed E-state index contributed by atoms with van der Waals surface area (Å²) in [6, 6.07) is 5.23. The van der Waals surface area contributed by atoms with Crippen LogP contribution in [0.5, 0.6) is 5.75 Å². The zero-order chi connectivity index (χ0) is 18.8. The molecule has 0 aliphatic carbocycles. The first-order chi connectivity index (χ1) is 11.6. The van der Waals surface area contributed by atoms with Crippen LogP contribution in [0.1, 0.15) is 10.4 Å². The average Bonchev–Trinajstić information content (AvgIpc) is 2.49. The van der Waals surface area contributed by atoms with E-state index in [1.165, 1.54) is 0 Å². The summed E-state index contributed by atoms with van der Waals surface area (Å²) in [6.45, 7) is -3.11. The van der Waals surface area contributed by atoms with E-state index in [-0.39, 0.29) is 16.5 Å². The fraction of sp³-hybridized carbons (Fsp3) is 0.0714. The minimum Gasteiger partial charge on any atom is -0.545 e. The Bertz CT molecular complexity index is 921. The van der Waals surface area contributed by atoms with E-state index < -0.39 is 38.9 Å². The van der Waals surface area contributed by atoms with Gasteiger partial charge >= 0.3 is 6.61 Å². The lowest BCUT2D eigenvalue weighted by Crippen LogP contribution is -2.24. The van der Waals surface area contributed by atoms with Crippen molar-refractivity contribution in [1.29, 1.82) is 0 Å². The van der Waals surface area contributed by atoms with Gasteiger partial charge in [-0.15, -0.1) is 0 Å². The monoisotopic (exact) mass is 394 g/mol. The highest BCUT2D eigenvalue weighted by atomic mass is 35.5. The normalized spacial score (nSPS) is 11.4. The average molecular weight is 395 g/mol. The van der Waals surface area contributed by atoms with Crippen LogP contribution in [0.15, 0.2) is 41.3 Å². The number of carbonyl (C=O) groups is 1. The Morgan fingerprint density at radius 2 is 1.88 bits per heavy atom. The number of nitrogens with one attached hydrogen (secondary N) is 1. The standard InChI is InChI=1S/C14H9ClF3NO5S/c15-10-5-7(1-4-12(10)24-14(17)18)19-25(22,23)8-2-3-11(16)9(6-8)13(20)21/h1-6,14,19H,(H,20,21)/p-1. The Kier molecular flexibility index (Phi) is 5.43. The third-order valence-corrected chi connectivity index (χ3v) is 4.54. The molecule has 1 N–H and O–H groups in total. The summed E-state index contributed by atoms with van der Waals surface area (Å²) in [5.74, 6) is -3.40. The predicted octanol–water partition coefficient (Wildman–Crippen LogP) is 2.24. The van der Waals surface area contributed by atoms with Gasteiger partial charge in [-0.1, -0.05) is 11.6 Å². The van der Waals surface area contributed by atoms with E-state index >= 15 is 0 Å². The zero-order valence-electron chi connectivity index (χ0n) is 12.0. The van der Waals surface area contributed by atoms with Crippen molar-refractivity contribution in [2.75, 3.05) is 4.72 Å². The van der Waals surface area contributed by atoms with Crippen LogP contribution < -0.4 is 14.6 Å². The number of ether oxygens (including phenoxy) is 1. The number of halogens is 4. The van der Waals surface area contributed by atoms with Crippen LogP contribution in [0.2, 0.25) is 5.02 Å². The molecule has 0 unspecified atom stereocenters. The zero-order valence-corrected chi connectivity index (χ0v) is 13.6. The quantitative estimate of drug-likeness (QED) is 0.810. The fourth-order valence-corrected chi connectivity index (χ4v) is 3.10. The van der Waals surface area contributed by atoms with Crippen LogP contribution >= 0.6 is 11.6 Å². The second kappa shape index (κ2) is 7.19. The van der Waals surface area contributed by atoms with Crippen molar-refractivity contribution in [3.05, 3.63) is 52.8 Å². The number of alkyl halides is 2. The lowest BCUT2D eigenvalue weighted by Gasteiger charge is -2.12. The maximum Gasteiger partial charge on any atom is 0.387 e. The highest BCUT2D eigenvalue weighted by Gasteiger charge is 2.18. The van der Waals surface area contributed by atoms with Gasteiger partial charge in [-0.25, -0.2) is 12.8 Å². The highest BCUT2D eigenvalue weighted by Crippen LogP contribution is 2.30. The van der Waals surface area contributed by atoms with Crippen LogP contribution in [0.25, 0.3) is 0 Å². The topological polar surface area (TPSA) is 95.5 Å². The Hall–Kier alpha value is -2.46. The largest absolute Gasteiger partial charge is 0.545 e. The lowest BCUT2D eigenvalue weighted by molar-refractivity contribution is -0.255. The highest BCUT2D eigenvalue weighted by molar-refractivity contribution is 7.92. The lowest BCUT2D eigenvalue weighted by atomic mass is 10.2. The maximum absolute atomic E-state index is 13.3. The number of benzene rings is 2. The van der Waals surface area contributed by atoms with Crippen molar-refractivity contribution in [3.63, 3.8) is 0 Å². The molecule has 11 heteroatoms. The predicted molar refractivity (Wildman–Crippen MR) is 79.6 cm³/mol. The summed E-state index contributed by atoms with van der Waals surface area (Å²) in [6.07, 6.45) is 0. The van der Waals surface area contributed by atoms with Crippen molar-refractivity contribution in [1.82, 2.24) is 0 Å². The summed E-state index contributed by atoms with van der Waals surface area (Å²) < 4.78 is 68.2. The maximum atomic E-state index is 13.3. The van der Waals surface area contributed by atoms with Crippen LogP contribution in [-0.4, -0.2) is 21.0 Å². The second-order valence-electron chi connectivity index (χ2n) is 4.56. The van der Waals surface area contributed by atoms with Crippen LogP contribution in [0.4, 0.5) is 18.9 Å². The van der Waals surface area contributed by atoms with Crippen LogP contribution in [0.3, 0.4) is 0 Å². The minimum atomic E-state index is -4.29. The molecule has 0 heterocycles. The molecule has 2 aromatic rings. The number of anilines is 1. The van der Waals surface area contributed by atoms with E-state index in [1.54, 1.807) is 0 Å². The summed E-state index contributed by atoms with van der Waals surface area (Å²) in [5, 5.41) is 10.5. The van der Waals surface area contributed by atoms with Gasteiger partial charge < -0.3 is 14.6 Å². The minimum absolute atomic E-state index is 0.106. The molecule has 0 fully saturated rings. The number of carboxylic acid groups (broad SMARTS) is 1. The van der Waals surface area contributed by atoms with Gasteiger partial charge in [0.15, 0.2) is 0 Å². The fourth-order valence-electron chi connectivity index (χ4n) is 1.80. The smallest absolute Gasteiger partial charge is 0.387 e. The molecule has 0 saturated carbocycles. The van der Waals surface area contributed by atoms with Crippen molar-refractivity contribution in [3.8, 4) is 5.75 Å². The number of carbonyl (C=O) groups excluding carboxylic acids is 1. The van der Waals surface area contributed by atoms with Crippen LogP contribution in [0, 0.1) is 5.82 Å². The molecule has 0 spiro atoms. The molecule has 0 aliphatic heterocycles. The first-order valence-electron chi connectivity index (χ1n) is 6.38. The van der Waals surface area contributed by atoms with Gasteiger partial charge in [0.1, 0.15) is 11.6 Å². The Morgan fingerprint density at radius 1 is 1.20 bits per heavy atom. The number of hydrogen-bond acceptors (Lipinski definition) is 5. The molecule has 0 aromatic heterocycles. The Labute approximate surface area is 144 Å². The summed E-state index contributed by atoms with van der Waals surface area (Å²) in [7, 11) is -4.29. The van der Waals surface area contributed by atoms with E-state index in [0.29, 0.717) is 12.1 Å². The van der Waals surface area contributed by atoms with Crippen molar-refractivity contribution in [2.45, 2.75) is 11.5 Å². The molecule has 134 valence electrons. The van der Waals surface area contributed by atoms with Crippen LogP contribution in [-0.2, 0) is 10.0 Å². The summed E-state index contributed by atoms with van der Waals surface area (Å²) in [4.78, 5) is 10.2. The number of rotatable bonds is 6. The Balaban J connectivity index is 2.31. The van der Waals surface area contributed by atoms with Gasteiger partial charge in [0.05, 0.1) is 21.6 Å². The SMILES string of the molecule is O=C([O-])c1cc(S(=O)(=O)Nc2ccc(OC(F)F)c(Cl)c2)ccc1F. The molecular weight excluding hydrogens is 387 g/mol. The summed E-state index contributed by atoms with van der Waals surface area (Å²) in [5.41, 5.74) is -1.03. The molecule has 2 rings (SSSR count). The number of sulfonamides is 1. The van der Waals surface area contributed by atoms with Gasteiger partial charge in [0.2, 0.25) is 0 Å². The molecule has 6 nitrogen and oxygen atoms in total. The van der Waals surface area contributed by atoms with E-state index in [0.717, 1.165) is 24.3 Å². The van der Waals surface area contributed by atoms with E-state index in [2.05, 4.69) is 9.46 Å². The first kappa shape index (κ1) is 18.9. The molecule has 0 atom stereocenters. The van der Waals surface area contributed by atoms with Crippen molar-refractivity contribution < 1.29 is 36.2 Å². The number of hydrogen-bond donors (Lipinski definition) is 1. The number of carboxylic acids is 1. The molecule has 0 amide bonds. The third-order valence-electron chi connectivity index (χ3n) is 2.87. The van der Waals surface area contributed by atoms with Gasteiger partial charge in [-0.3, -0.25) is 4.72 Å². The van der Waals surface area contributed by atoms with E-state index in [9.17, 15) is 31.5 Å². The molecule has 0 radical (unpaired) electrons. The number of aromatic carboxylic acids is 1. The van der Waals surface area contributed by atoms with Crippen molar-refractivity contribution in [2.24, 2.45) is 0 Å². The van der Waals surface area contributed by atoms with Crippen molar-refractivity contribution >= 4 is 33.3 Å². The van der Waals surface area contributed by atoms with E-state index in [4.69, 9.17) is 11.6 Å².